The first-order valence-electron chi connectivity index (χ1n) is 13.2. The number of benzene rings is 5. The van der Waals surface area contributed by atoms with Gasteiger partial charge in [-0.25, -0.2) is 0 Å². The van der Waals surface area contributed by atoms with E-state index in [-0.39, 0.29) is 5.41 Å². The monoisotopic (exact) mass is 491 g/mol. The highest BCUT2D eigenvalue weighted by atomic mass is 16.3. The fraction of sp³-hybridized carbons (Fsp3) is 0.139. The first-order chi connectivity index (χ1) is 18.4. The molecule has 0 saturated carbocycles. The maximum atomic E-state index is 6.85. The highest BCUT2D eigenvalue weighted by Gasteiger charge is 2.20. The Morgan fingerprint density at radius 1 is 0.711 bits per heavy atom. The average molecular weight is 492 g/mol. The molecule has 0 N–H and O–H groups in total. The van der Waals surface area contributed by atoms with Crippen molar-refractivity contribution >= 4 is 60.3 Å². The molecular weight excluding hydrogens is 462 g/mol. The van der Waals surface area contributed by atoms with Gasteiger partial charge in [0.2, 0.25) is 0 Å². The van der Waals surface area contributed by atoms with Gasteiger partial charge < -0.3 is 4.42 Å². The summed E-state index contributed by atoms with van der Waals surface area (Å²) in [5, 5.41) is 9.61. The summed E-state index contributed by atoms with van der Waals surface area (Å²) in [5.41, 5.74) is 6.27. The van der Waals surface area contributed by atoms with Gasteiger partial charge in [0, 0.05) is 27.9 Å². The smallest absolute Gasteiger partial charge is 0.144 e. The summed E-state index contributed by atoms with van der Waals surface area (Å²) in [6.07, 6.45) is 4.80. The van der Waals surface area contributed by atoms with Crippen LogP contribution in [-0.2, 0) is 6.42 Å². The molecule has 0 aliphatic carbocycles. The van der Waals surface area contributed by atoms with E-state index in [1.807, 2.05) is 12.3 Å². The zero-order valence-corrected chi connectivity index (χ0v) is 22.0. The van der Waals surface area contributed by atoms with E-state index < -0.39 is 0 Å². The number of nitrogens with zero attached hydrogens (tertiary/aromatic N) is 1. The van der Waals surface area contributed by atoms with Gasteiger partial charge in [0.1, 0.15) is 11.2 Å². The number of hydrogen-bond acceptors (Lipinski definition) is 2. The quantitative estimate of drug-likeness (QED) is 0.230. The van der Waals surface area contributed by atoms with Crippen LogP contribution in [-0.4, -0.2) is 4.98 Å². The molecule has 0 bridgehead atoms. The van der Waals surface area contributed by atoms with E-state index in [4.69, 9.17) is 9.40 Å². The molecule has 0 fully saturated rings. The summed E-state index contributed by atoms with van der Waals surface area (Å²) in [5.74, 6) is 0. The highest BCUT2D eigenvalue weighted by Crippen LogP contribution is 2.43. The lowest BCUT2D eigenvalue weighted by molar-refractivity contribution is 0.411. The van der Waals surface area contributed by atoms with Gasteiger partial charge in [-0.3, -0.25) is 4.98 Å². The van der Waals surface area contributed by atoms with Crippen LogP contribution in [0.1, 0.15) is 31.9 Å². The SMILES string of the molecule is C=Cc1cnc(-c2cccc3c2oc2c3ccc3c4ccccc4c4ccccc4c32)cc1CC(C)(C)C. The van der Waals surface area contributed by atoms with E-state index in [0.29, 0.717) is 0 Å². The molecule has 38 heavy (non-hydrogen) atoms. The minimum Gasteiger partial charge on any atom is -0.455 e. The Morgan fingerprint density at radius 2 is 1.29 bits per heavy atom. The van der Waals surface area contributed by atoms with Gasteiger partial charge in [-0.15, -0.1) is 0 Å². The third-order valence-electron chi connectivity index (χ3n) is 7.61. The number of hydrogen-bond donors (Lipinski definition) is 0. The molecule has 2 nitrogen and oxygen atoms in total. The summed E-state index contributed by atoms with van der Waals surface area (Å²) in [4.78, 5) is 4.85. The minimum absolute atomic E-state index is 0.157. The van der Waals surface area contributed by atoms with E-state index in [9.17, 15) is 0 Å². The molecule has 0 amide bonds. The van der Waals surface area contributed by atoms with Crippen LogP contribution in [0.2, 0.25) is 0 Å². The molecule has 7 rings (SSSR count). The first-order valence-corrected chi connectivity index (χ1v) is 13.2. The lowest BCUT2D eigenvalue weighted by Gasteiger charge is -2.20. The number of fused-ring (bicyclic) bond motifs is 10. The Kier molecular flexibility index (Phi) is 4.96. The minimum atomic E-state index is 0.157. The molecule has 2 heterocycles. The normalized spacial score (nSPS) is 12.3. The van der Waals surface area contributed by atoms with Crippen molar-refractivity contribution in [3.8, 4) is 11.3 Å². The van der Waals surface area contributed by atoms with Crippen molar-refractivity contribution in [3.05, 3.63) is 109 Å². The summed E-state index contributed by atoms with van der Waals surface area (Å²) >= 11 is 0. The van der Waals surface area contributed by atoms with Crippen molar-refractivity contribution in [2.75, 3.05) is 0 Å². The zero-order valence-electron chi connectivity index (χ0n) is 22.0. The second-order valence-electron chi connectivity index (χ2n) is 11.5. The molecule has 0 radical (unpaired) electrons. The Bertz CT molecular complexity index is 2020. The van der Waals surface area contributed by atoms with Crippen molar-refractivity contribution in [1.29, 1.82) is 0 Å². The van der Waals surface area contributed by atoms with Crippen LogP contribution in [0.25, 0.3) is 71.6 Å². The van der Waals surface area contributed by atoms with Crippen LogP contribution in [0.5, 0.6) is 0 Å². The van der Waals surface area contributed by atoms with Gasteiger partial charge in [0.05, 0.1) is 5.69 Å². The fourth-order valence-corrected chi connectivity index (χ4v) is 6.01. The summed E-state index contributed by atoms with van der Waals surface area (Å²) in [6.45, 7) is 10.8. The van der Waals surface area contributed by atoms with Crippen molar-refractivity contribution in [2.45, 2.75) is 27.2 Å². The number of rotatable bonds is 3. The lowest BCUT2D eigenvalue weighted by atomic mass is 9.86. The summed E-state index contributed by atoms with van der Waals surface area (Å²) in [7, 11) is 0. The summed E-state index contributed by atoms with van der Waals surface area (Å²) in [6, 6.07) is 30.4. The molecule has 0 unspecified atom stereocenters. The van der Waals surface area contributed by atoms with Crippen LogP contribution >= 0.6 is 0 Å². The molecule has 0 saturated heterocycles. The van der Waals surface area contributed by atoms with E-state index in [2.05, 4.69) is 112 Å². The van der Waals surface area contributed by atoms with Crippen LogP contribution in [0, 0.1) is 5.41 Å². The Hall–Kier alpha value is -4.43. The largest absolute Gasteiger partial charge is 0.455 e. The number of para-hydroxylation sites is 1. The standard InChI is InChI=1S/C36H29NO/c1-5-22-21-37-32(19-23(22)20-36(2,3)4)31-16-10-15-29-30-18-17-28-26-13-7-6-11-24(26)25-12-8-9-14-27(25)33(28)35(30)38-34(29)31/h5-19,21H,1,20H2,2-4H3. The Balaban J connectivity index is 1.56. The highest BCUT2D eigenvalue weighted by molar-refractivity contribution is 6.32. The second kappa shape index (κ2) is 8.29. The molecule has 2 heteroatoms. The van der Waals surface area contributed by atoms with Gasteiger partial charge in [-0.05, 0) is 68.1 Å². The van der Waals surface area contributed by atoms with Crippen molar-refractivity contribution in [3.63, 3.8) is 0 Å². The van der Waals surface area contributed by atoms with Crippen LogP contribution in [0.4, 0.5) is 0 Å². The number of aromatic nitrogens is 1. The van der Waals surface area contributed by atoms with Crippen LogP contribution < -0.4 is 0 Å². The molecule has 0 spiro atoms. The van der Waals surface area contributed by atoms with Gasteiger partial charge >= 0.3 is 0 Å². The number of furan rings is 1. The average Bonchev–Trinajstić information content (AvgIpc) is 3.31. The zero-order chi connectivity index (χ0) is 26.0. The maximum absolute atomic E-state index is 6.85. The molecule has 0 aliphatic rings. The Morgan fingerprint density at radius 3 is 1.97 bits per heavy atom. The molecule has 184 valence electrons. The van der Waals surface area contributed by atoms with E-state index >= 15 is 0 Å². The molecule has 5 aromatic carbocycles. The van der Waals surface area contributed by atoms with E-state index in [0.717, 1.165) is 45.2 Å². The van der Waals surface area contributed by atoms with Gasteiger partial charge in [-0.1, -0.05) is 100 Å². The predicted octanol–water partition coefficient (Wildman–Crippen LogP) is 10.3. The third kappa shape index (κ3) is 3.44. The molecular formula is C36H29NO. The van der Waals surface area contributed by atoms with Gasteiger partial charge in [0.15, 0.2) is 0 Å². The van der Waals surface area contributed by atoms with Crippen molar-refractivity contribution in [1.82, 2.24) is 4.98 Å². The van der Waals surface area contributed by atoms with Gasteiger partial charge in [0.25, 0.3) is 0 Å². The van der Waals surface area contributed by atoms with Crippen LogP contribution in [0.15, 0.2) is 102 Å². The topological polar surface area (TPSA) is 26.0 Å². The van der Waals surface area contributed by atoms with Crippen molar-refractivity contribution < 1.29 is 4.42 Å². The predicted molar refractivity (Wildman–Crippen MR) is 163 cm³/mol. The molecule has 2 aromatic heterocycles. The lowest BCUT2D eigenvalue weighted by Crippen LogP contribution is -2.10. The van der Waals surface area contributed by atoms with E-state index in [1.54, 1.807) is 0 Å². The van der Waals surface area contributed by atoms with E-state index in [1.165, 1.54) is 37.9 Å². The fourth-order valence-electron chi connectivity index (χ4n) is 6.01. The number of pyridine rings is 1. The first kappa shape index (κ1) is 22.7. The third-order valence-corrected chi connectivity index (χ3v) is 7.61. The van der Waals surface area contributed by atoms with Crippen LogP contribution in [0.3, 0.4) is 0 Å². The maximum Gasteiger partial charge on any atom is 0.144 e. The summed E-state index contributed by atoms with van der Waals surface area (Å²) < 4.78 is 6.85. The molecule has 0 atom stereocenters. The second-order valence-corrected chi connectivity index (χ2v) is 11.5. The Labute approximate surface area is 222 Å². The van der Waals surface area contributed by atoms with Gasteiger partial charge in [-0.2, -0.15) is 0 Å². The molecule has 0 aliphatic heterocycles. The van der Waals surface area contributed by atoms with Crippen molar-refractivity contribution in [2.24, 2.45) is 5.41 Å². The molecule has 7 aromatic rings.